The van der Waals surface area contributed by atoms with E-state index in [0.717, 1.165) is 22.9 Å². The Morgan fingerprint density at radius 2 is 2.00 bits per heavy atom. The van der Waals surface area contributed by atoms with Crippen molar-refractivity contribution in [2.75, 3.05) is 10.6 Å². The smallest absolute Gasteiger partial charge is 0.412 e. The van der Waals surface area contributed by atoms with Gasteiger partial charge in [0.15, 0.2) is 0 Å². The summed E-state index contributed by atoms with van der Waals surface area (Å²) in [6.07, 6.45) is 2.12. The third kappa shape index (κ3) is 4.38. The van der Waals surface area contributed by atoms with Gasteiger partial charge in [-0.1, -0.05) is 6.92 Å². The van der Waals surface area contributed by atoms with Crippen molar-refractivity contribution in [3.05, 3.63) is 23.8 Å². The summed E-state index contributed by atoms with van der Waals surface area (Å²) in [5.74, 6) is 0.741. The van der Waals surface area contributed by atoms with Crippen LogP contribution in [0.5, 0.6) is 0 Å². The minimum atomic E-state index is -0.486. The van der Waals surface area contributed by atoms with Crippen LogP contribution in [0.4, 0.5) is 16.2 Å². The summed E-state index contributed by atoms with van der Waals surface area (Å²) in [7, 11) is 0. The van der Waals surface area contributed by atoms with Crippen LogP contribution in [0.15, 0.2) is 18.2 Å². The number of ether oxygens (including phenoxy) is 1. The van der Waals surface area contributed by atoms with Gasteiger partial charge in [0.05, 0.1) is 0 Å². The second kappa shape index (κ2) is 5.96. The van der Waals surface area contributed by atoms with Gasteiger partial charge >= 0.3 is 6.09 Å². The standard InChI is InChI=1S/C17H26N2O2/c1-11-6-8-14(11)18-13-7-9-15(12(2)10-13)19-16(20)21-17(3,4)5/h7,9-11,14,18H,6,8H2,1-5H3,(H,19,20). The topological polar surface area (TPSA) is 50.4 Å². The van der Waals surface area contributed by atoms with Gasteiger partial charge in [0.2, 0.25) is 0 Å². The van der Waals surface area contributed by atoms with Crippen LogP contribution in [0.25, 0.3) is 0 Å². The number of benzene rings is 1. The normalized spacial score (nSPS) is 21.4. The van der Waals surface area contributed by atoms with E-state index in [1.807, 2.05) is 39.8 Å². The van der Waals surface area contributed by atoms with Crippen molar-refractivity contribution in [3.8, 4) is 0 Å². The maximum atomic E-state index is 11.8. The van der Waals surface area contributed by atoms with Gasteiger partial charge in [-0.3, -0.25) is 5.32 Å². The predicted octanol–water partition coefficient (Wildman–Crippen LogP) is 4.55. The zero-order chi connectivity index (χ0) is 15.6. The molecule has 2 unspecified atom stereocenters. The first kappa shape index (κ1) is 15.7. The zero-order valence-electron chi connectivity index (χ0n) is 13.6. The maximum Gasteiger partial charge on any atom is 0.412 e. The van der Waals surface area contributed by atoms with Crippen LogP contribution >= 0.6 is 0 Å². The van der Waals surface area contributed by atoms with Crippen molar-refractivity contribution in [2.45, 2.75) is 59.1 Å². The molecule has 116 valence electrons. The number of nitrogens with one attached hydrogen (secondary N) is 2. The Labute approximate surface area is 127 Å². The molecule has 1 aromatic rings. The summed E-state index contributed by atoms with van der Waals surface area (Å²) in [4.78, 5) is 11.8. The Morgan fingerprint density at radius 1 is 1.29 bits per heavy atom. The first-order chi connectivity index (χ1) is 9.74. The van der Waals surface area contributed by atoms with E-state index in [9.17, 15) is 4.79 Å². The van der Waals surface area contributed by atoms with Gasteiger partial charge in [-0.25, -0.2) is 4.79 Å². The molecule has 1 aliphatic carbocycles. The minimum Gasteiger partial charge on any atom is -0.444 e. The molecule has 0 aromatic heterocycles. The highest BCUT2D eigenvalue weighted by molar-refractivity contribution is 5.86. The largest absolute Gasteiger partial charge is 0.444 e. The van der Waals surface area contributed by atoms with E-state index in [-0.39, 0.29) is 0 Å². The summed E-state index contributed by atoms with van der Waals surface area (Å²) in [5, 5.41) is 6.34. The van der Waals surface area contributed by atoms with Crippen molar-refractivity contribution < 1.29 is 9.53 Å². The molecule has 0 bridgehead atoms. The monoisotopic (exact) mass is 290 g/mol. The fourth-order valence-corrected chi connectivity index (χ4v) is 2.40. The van der Waals surface area contributed by atoms with E-state index < -0.39 is 11.7 Å². The quantitative estimate of drug-likeness (QED) is 0.858. The van der Waals surface area contributed by atoms with Crippen molar-refractivity contribution in [1.29, 1.82) is 0 Å². The number of aryl methyl sites for hydroxylation is 1. The molecule has 0 radical (unpaired) electrons. The van der Waals surface area contributed by atoms with E-state index in [0.29, 0.717) is 6.04 Å². The van der Waals surface area contributed by atoms with Gasteiger partial charge in [0.25, 0.3) is 0 Å². The fourth-order valence-electron chi connectivity index (χ4n) is 2.40. The minimum absolute atomic E-state index is 0.418. The van der Waals surface area contributed by atoms with Gasteiger partial charge in [-0.05, 0) is 70.2 Å². The van der Waals surface area contributed by atoms with Gasteiger partial charge < -0.3 is 10.1 Å². The lowest BCUT2D eigenvalue weighted by atomic mass is 9.81. The molecule has 0 saturated heterocycles. The van der Waals surface area contributed by atoms with Crippen molar-refractivity contribution in [2.24, 2.45) is 5.92 Å². The lowest BCUT2D eigenvalue weighted by molar-refractivity contribution is 0.0636. The molecular formula is C17H26N2O2. The van der Waals surface area contributed by atoms with Crippen molar-refractivity contribution in [1.82, 2.24) is 0 Å². The molecule has 4 heteroatoms. The SMILES string of the molecule is Cc1cc(NC2CCC2C)ccc1NC(=O)OC(C)(C)C. The maximum absolute atomic E-state index is 11.8. The summed E-state index contributed by atoms with van der Waals surface area (Å²) in [6.45, 7) is 9.82. The Bertz CT molecular complexity index is 520. The Morgan fingerprint density at radius 3 is 2.48 bits per heavy atom. The molecule has 2 atom stereocenters. The highest BCUT2D eigenvalue weighted by Crippen LogP contribution is 2.30. The molecule has 1 fully saturated rings. The van der Waals surface area contributed by atoms with Crippen LogP contribution in [0.2, 0.25) is 0 Å². The first-order valence-corrected chi connectivity index (χ1v) is 7.62. The molecule has 1 aromatic carbocycles. The van der Waals surface area contributed by atoms with Gasteiger partial charge in [-0.2, -0.15) is 0 Å². The van der Waals surface area contributed by atoms with E-state index in [4.69, 9.17) is 4.74 Å². The number of rotatable bonds is 3. The second-order valence-electron chi connectivity index (χ2n) is 6.96. The molecule has 1 aliphatic rings. The van der Waals surface area contributed by atoms with E-state index in [1.165, 1.54) is 12.8 Å². The fraction of sp³-hybridized carbons (Fsp3) is 0.588. The first-order valence-electron chi connectivity index (χ1n) is 7.62. The van der Waals surface area contributed by atoms with Crippen molar-refractivity contribution >= 4 is 17.5 Å². The predicted molar refractivity (Wildman–Crippen MR) is 86.8 cm³/mol. The summed E-state index contributed by atoms with van der Waals surface area (Å²) in [5.41, 5.74) is 2.44. The van der Waals surface area contributed by atoms with Crippen LogP contribution in [0, 0.1) is 12.8 Å². The number of carbonyl (C=O) groups is 1. The Kier molecular flexibility index (Phi) is 4.45. The molecule has 21 heavy (non-hydrogen) atoms. The van der Waals surface area contributed by atoms with Crippen LogP contribution in [0.1, 0.15) is 46.1 Å². The number of amides is 1. The molecule has 4 nitrogen and oxygen atoms in total. The summed E-state index contributed by atoms with van der Waals surface area (Å²) < 4.78 is 5.27. The van der Waals surface area contributed by atoms with E-state index >= 15 is 0 Å². The Hall–Kier alpha value is -1.71. The second-order valence-corrected chi connectivity index (χ2v) is 6.96. The summed E-state index contributed by atoms with van der Waals surface area (Å²) in [6, 6.07) is 6.57. The molecular weight excluding hydrogens is 264 g/mol. The molecule has 2 rings (SSSR count). The van der Waals surface area contributed by atoms with Gasteiger partial charge in [0.1, 0.15) is 5.60 Å². The molecule has 1 amide bonds. The zero-order valence-corrected chi connectivity index (χ0v) is 13.6. The van der Waals surface area contributed by atoms with E-state index in [2.05, 4.69) is 23.6 Å². The number of hydrogen-bond acceptors (Lipinski definition) is 3. The van der Waals surface area contributed by atoms with Gasteiger partial charge in [0, 0.05) is 17.4 Å². The van der Waals surface area contributed by atoms with Gasteiger partial charge in [-0.15, -0.1) is 0 Å². The third-order valence-corrected chi connectivity index (χ3v) is 3.83. The third-order valence-electron chi connectivity index (χ3n) is 3.83. The average molecular weight is 290 g/mol. The number of carbonyl (C=O) groups excluding carboxylic acids is 1. The van der Waals surface area contributed by atoms with E-state index in [1.54, 1.807) is 0 Å². The van der Waals surface area contributed by atoms with Crippen LogP contribution in [-0.4, -0.2) is 17.7 Å². The molecule has 0 heterocycles. The lowest BCUT2D eigenvalue weighted by Crippen LogP contribution is -2.36. The van der Waals surface area contributed by atoms with Crippen LogP contribution in [0.3, 0.4) is 0 Å². The highest BCUT2D eigenvalue weighted by Gasteiger charge is 2.26. The molecule has 0 aliphatic heterocycles. The van der Waals surface area contributed by atoms with Crippen molar-refractivity contribution in [3.63, 3.8) is 0 Å². The lowest BCUT2D eigenvalue weighted by Gasteiger charge is -2.35. The Balaban J connectivity index is 1.97. The molecule has 2 N–H and O–H groups in total. The summed E-state index contributed by atoms with van der Waals surface area (Å²) >= 11 is 0. The molecule has 0 spiro atoms. The van der Waals surface area contributed by atoms with Crippen LogP contribution < -0.4 is 10.6 Å². The number of hydrogen-bond donors (Lipinski definition) is 2. The van der Waals surface area contributed by atoms with Crippen LogP contribution in [-0.2, 0) is 4.74 Å². The number of anilines is 2. The highest BCUT2D eigenvalue weighted by atomic mass is 16.6. The average Bonchev–Trinajstić information content (AvgIpc) is 2.35. The molecule has 1 saturated carbocycles.